The van der Waals surface area contributed by atoms with Crippen molar-refractivity contribution in [1.82, 2.24) is 14.7 Å². The van der Waals surface area contributed by atoms with Crippen molar-refractivity contribution >= 4 is 34.3 Å². The number of fused-ring (bicyclic) bond motifs is 1. The average molecular weight is 439 g/mol. The van der Waals surface area contributed by atoms with E-state index >= 15 is 0 Å². The van der Waals surface area contributed by atoms with Gasteiger partial charge in [0.25, 0.3) is 0 Å². The molecule has 0 aliphatic carbocycles. The van der Waals surface area contributed by atoms with Crippen LogP contribution in [0.25, 0.3) is 22.5 Å². The molecule has 0 radical (unpaired) electrons. The van der Waals surface area contributed by atoms with E-state index in [1.165, 1.54) is 0 Å². The number of anilines is 1. The summed E-state index contributed by atoms with van der Waals surface area (Å²) in [5.41, 5.74) is 2.59. The van der Waals surface area contributed by atoms with Gasteiger partial charge in [-0.3, -0.25) is 9.36 Å². The van der Waals surface area contributed by atoms with Crippen LogP contribution >= 0.6 is 11.6 Å². The fourth-order valence-electron chi connectivity index (χ4n) is 3.95. The van der Waals surface area contributed by atoms with Gasteiger partial charge in [0, 0.05) is 35.3 Å². The quantitative estimate of drug-likeness (QED) is 0.468. The third kappa shape index (κ3) is 3.42. The molecule has 4 aromatic rings. The first-order valence-electron chi connectivity index (χ1n) is 9.95. The van der Waals surface area contributed by atoms with Crippen LogP contribution in [0.1, 0.15) is 38.1 Å². The molecule has 1 atom stereocenters. The Morgan fingerprint density at radius 3 is 2.77 bits per heavy atom. The molecule has 2 aromatic heterocycles. The first-order valence-corrected chi connectivity index (χ1v) is 10.3. The molecular formula is C22H19ClN4O4. The fraction of sp³-hybridized carbons (Fsp3) is 0.273. The zero-order chi connectivity index (χ0) is 21.7. The summed E-state index contributed by atoms with van der Waals surface area (Å²) in [6.07, 6.45) is 0.277. The highest BCUT2D eigenvalue weighted by atomic mass is 35.5. The van der Waals surface area contributed by atoms with Gasteiger partial charge in [-0.25, -0.2) is 4.79 Å². The molecule has 2 aromatic carbocycles. The van der Waals surface area contributed by atoms with E-state index in [9.17, 15) is 9.59 Å². The first kappa shape index (κ1) is 19.6. The van der Waals surface area contributed by atoms with Gasteiger partial charge in [-0.15, -0.1) is 0 Å². The normalized spacial score (nSPS) is 16.7. The number of carbonyl (C=O) groups is 1. The van der Waals surface area contributed by atoms with Gasteiger partial charge in [0.15, 0.2) is 5.58 Å². The van der Waals surface area contributed by atoms with Crippen molar-refractivity contribution < 1.29 is 13.7 Å². The van der Waals surface area contributed by atoms with Crippen molar-refractivity contribution in [3.05, 3.63) is 63.9 Å². The second-order valence-corrected chi connectivity index (χ2v) is 8.29. The van der Waals surface area contributed by atoms with Gasteiger partial charge in [0.05, 0.1) is 11.4 Å². The van der Waals surface area contributed by atoms with Gasteiger partial charge in [-0.1, -0.05) is 22.8 Å². The maximum absolute atomic E-state index is 12.5. The van der Waals surface area contributed by atoms with E-state index in [4.69, 9.17) is 20.5 Å². The summed E-state index contributed by atoms with van der Waals surface area (Å²) in [5.74, 6) is 0.142. The van der Waals surface area contributed by atoms with Gasteiger partial charge in [0.1, 0.15) is 0 Å². The fourth-order valence-corrected chi connectivity index (χ4v) is 4.13. The molecular weight excluding hydrogens is 420 g/mol. The smallest absolute Gasteiger partial charge is 0.408 e. The van der Waals surface area contributed by atoms with E-state index in [0.29, 0.717) is 39.9 Å². The van der Waals surface area contributed by atoms with Crippen LogP contribution in [0.3, 0.4) is 0 Å². The molecule has 5 rings (SSSR count). The molecule has 9 heteroatoms. The summed E-state index contributed by atoms with van der Waals surface area (Å²) < 4.78 is 12.4. The number of benzene rings is 2. The van der Waals surface area contributed by atoms with Gasteiger partial charge in [0.2, 0.25) is 17.6 Å². The molecule has 8 nitrogen and oxygen atoms in total. The van der Waals surface area contributed by atoms with E-state index in [-0.39, 0.29) is 24.3 Å². The van der Waals surface area contributed by atoms with E-state index in [1.54, 1.807) is 27.7 Å². The SMILES string of the molecule is CC(C)n1c(=O)oc2cc(-c3noc(C4CC(=O)N(c5cccc(Cl)c5)C4)n3)ccc21. The summed E-state index contributed by atoms with van der Waals surface area (Å²) in [6, 6.07) is 12.5. The van der Waals surface area contributed by atoms with Crippen LogP contribution in [-0.4, -0.2) is 27.2 Å². The molecule has 31 heavy (non-hydrogen) atoms. The number of amides is 1. The standard InChI is InChI=1S/C22H19ClN4O4/c1-12(2)27-17-7-6-13(8-18(17)30-22(27)29)20-24-21(31-25-20)14-9-19(28)26(11-14)16-5-3-4-15(23)10-16/h3-8,10,12,14H,9,11H2,1-2H3. The number of hydrogen-bond donors (Lipinski definition) is 0. The monoisotopic (exact) mass is 438 g/mol. The molecule has 0 N–H and O–H groups in total. The van der Waals surface area contributed by atoms with E-state index in [0.717, 1.165) is 5.69 Å². The summed E-state index contributed by atoms with van der Waals surface area (Å²) in [5, 5.41) is 4.65. The van der Waals surface area contributed by atoms with Crippen molar-refractivity contribution in [2.45, 2.75) is 32.2 Å². The van der Waals surface area contributed by atoms with Gasteiger partial charge >= 0.3 is 5.76 Å². The lowest BCUT2D eigenvalue weighted by molar-refractivity contribution is -0.117. The highest BCUT2D eigenvalue weighted by Crippen LogP contribution is 2.33. The van der Waals surface area contributed by atoms with Crippen LogP contribution in [0.5, 0.6) is 0 Å². The second kappa shape index (κ2) is 7.39. The molecule has 3 heterocycles. The lowest BCUT2D eigenvalue weighted by Gasteiger charge is -2.16. The Hall–Kier alpha value is -3.39. The highest BCUT2D eigenvalue weighted by Gasteiger charge is 2.35. The van der Waals surface area contributed by atoms with Crippen molar-refractivity contribution in [2.24, 2.45) is 0 Å². The molecule has 158 valence electrons. The largest absolute Gasteiger partial charge is 0.420 e. The van der Waals surface area contributed by atoms with Crippen LogP contribution in [0.2, 0.25) is 5.02 Å². The minimum absolute atomic E-state index is 0.0151. The minimum Gasteiger partial charge on any atom is -0.408 e. The summed E-state index contributed by atoms with van der Waals surface area (Å²) in [6.45, 7) is 4.28. The van der Waals surface area contributed by atoms with Gasteiger partial charge in [-0.2, -0.15) is 4.98 Å². The Morgan fingerprint density at radius 2 is 2.00 bits per heavy atom. The molecule has 0 saturated carbocycles. The van der Waals surface area contributed by atoms with Crippen LogP contribution in [0, 0.1) is 0 Å². The van der Waals surface area contributed by atoms with Crippen molar-refractivity contribution in [1.29, 1.82) is 0 Å². The van der Waals surface area contributed by atoms with E-state index < -0.39 is 5.76 Å². The molecule has 0 bridgehead atoms. The van der Waals surface area contributed by atoms with Crippen LogP contribution in [0.15, 0.2) is 56.2 Å². The minimum atomic E-state index is -0.401. The number of aromatic nitrogens is 3. The van der Waals surface area contributed by atoms with Crippen molar-refractivity contribution in [3.63, 3.8) is 0 Å². The third-order valence-corrected chi connectivity index (χ3v) is 5.66. The van der Waals surface area contributed by atoms with Crippen LogP contribution in [-0.2, 0) is 4.79 Å². The lowest BCUT2D eigenvalue weighted by atomic mass is 10.1. The maximum atomic E-state index is 12.5. The van der Waals surface area contributed by atoms with Crippen molar-refractivity contribution in [3.8, 4) is 11.4 Å². The zero-order valence-corrected chi connectivity index (χ0v) is 17.7. The lowest BCUT2D eigenvalue weighted by Crippen LogP contribution is -2.24. The number of nitrogens with zero attached hydrogens (tertiary/aromatic N) is 4. The Morgan fingerprint density at radius 1 is 1.16 bits per heavy atom. The summed E-state index contributed by atoms with van der Waals surface area (Å²) >= 11 is 6.06. The Kier molecular flexibility index (Phi) is 4.66. The van der Waals surface area contributed by atoms with Gasteiger partial charge in [-0.05, 0) is 50.2 Å². The van der Waals surface area contributed by atoms with Crippen LogP contribution < -0.4 is 10.7 Å². The molecule has 1 saturated heterocycles. The van der Waals surface area contributed by atoms with Crippen molar-refractivity contribution in [2.75, 3.05) is 11.4 Å². The molecule has 1 fully saturated rings. The summed E-state index contributed by atoms with van der Waals surface area (Å²) in [4.78, 5) is 30.8. The molecule has 1 aliphatic heterocycles. The second-order valence-electron chi connectivity index (χ2n) is 7.86. The topological polar surface area (TPSA) is 94.4 Å². The number of oxazole rings is 1. The Bertz CT molecular complexity index is 1350. The Balaban J connectivity index is 1.41. The highest BCUT2D eigenvalue weighted by molar-refractivity contribution is 6.30. The van der Waals surface area contributed by atoms with E-state index in [1.807, 2.05) is 38.1 Å². The molecule has 1 unspecified atom stereocenters. The predicted molar refractivity (Wildman–Crippen MR) is 115 cm³/mol. The first-order chi connectivity index (χ1) is 14.9. The zero-order valence-electron chi connectivity index (χ0n) is 16.9. The van der Waals surface area contributed by atoms with Gasteiger partial charge < -0.3 is 13.8 Å². The number of hydrogen-bond acceptors (Lipinski definition) is 6. The summed E-state index contributed by atoms with van der Waals surface area (Å²) in [7, 11) is 0. The number of rotatable bonds is 4. The Labute approximate surface area is 182 Å². The predicted octanol–water partition coefficient (Wildman–Crippen LogP) is 4.40. The van der Waals surface area contributed by atoms with E-state index in [2.05, 4.69) is 10.1 Å². The third-order valence-electron chi connectivity index (χ3n) is 5.42. The molecule has 1 amide bonds. The molecule has 1 aliphatic rings. The van der Waals surface area contributed by atoms with Crippen LogP contribution in [0.4, 0.5) is 5.69 Å². The number of halogens is 1. The number of carbonyl (C=O) groups excluding carboxylic acids is 1. The molecule has 0 spiro atoms. The average Bonchev–Trinajstić information content (AvgIpc) is 3.43. The maximum Gasteiger partial charge on any atom is 0.420 e.